The fraction of sp³-hybridized carbons (Fsp3) is 0.538. The number of hydrogen-bond acceptors (Lipinski definition) is 7. The van der Waals surface area contributed by atoms with E-state index in [4.69, 9.17) is 9.72 Å². The number of aryl methyl sites for hydroxylation is 1. The first kappa shape index (κ1) is 26.0. The van der Waals surface area contributed by atoms with Gasteiger partial charge in [0, 0.05) is 49.3 Å². The SMILES string of the molecule is CCOC(=O)[C@@H]1CCCN(C(=O)c2ccc(CSc3nc(CC)cc(N(CC)CC)n3)cc2)C1. The Hall–Kier alpha value is -2.61. The van der Waals surface area contributed by atoms with Gasteiger partial charge in [0.1, 0.15) is 5.82 Å². The van der Waals surface area contributed by atoms with E-state index >= 15 is 0 Å². The highest BCUT2D eigenvalue weighted by molar-refractivity contribution is 7.98. The van der Waals surface area contributed by atoms with Crippen LogP contribution in [0.1, 0.15) is 62.2 Å². The number of carbonyl (C=O) groups is 2. The van der Waals surface area contributed by atoms with Crippen molar-refractivity contribution >= 4 is 29.5 Å². The van der Waals surface area contributed by atoms with Crippen LogP contribution in [0.5, 0.6) is 0 Å². The average Bonchev–Trinajstić information content (AvgIpc) is 2.88. The van der Waals surface area contributed by atoms with Gasteiger partial charge in [0.15, 0.2) is 5.16 Å². The lowest BCUT2D eigenvalue weighted by molar-refractivity contribution is -0.149. The van der Waals surface area contributed by atoms with E-state index in [1.165, 1.54) is 0 Å². The molecule has 184 valence electrons. The van der Waals surface area contributed by atoms with Gasteiger partial charge in [-0.3, -0.25) is 9.59 Å². The van der Waals surface area contributed by atoms with Crippen LogP contribution < -0.4 is 4.90 Å². The van der Waals surface area contributed by atoms with Crippen molar-refractivity contribution in [2.45, 2.75) is 57.9 Å². The standard InChI is InChI=1S/C26H36N4O3S/c1-5-22-16-23(29(6-2)7-3)28-26(27-22)34-18-19-11-13-20(14-12-19)24(31)30-15-9-10-21(17-30)25(32)33-8-4/h11-14,16,21H,5-10,15,17-18H2,1-4H3/t21-/m1/s1. The predicted molar refractivity (Wildman–Crippen MR) is 136 cm³/mol. The fourth-order valence-electron chi connectivity index (χ4n) is 4.10. The highest BCUT2D eigenvalue weighted by atomic mass is 32.2. The van der Waals surface area contributed by atoms with Crippen LogP contribution in [0.15, 0.2) is 35.5 Å². The third kappa shape index (κ3) is 6.72. The topological polar surface area (TPSA) is 75.6 Å². The van der Waals surface area contributed by atoms with E-state index in [2.05, 4.69) is 36.7 Å². The molecule has 1 aliphatic rings. The molecular weight excluding hydrogens is 448 g/mol. The van der Waals surface area contributed by atoms with Crippen molar-refractivity contribution in [3.05, 3.63) is 47.2 Å². The van der Waals surface area contributed by atoms with E-state index in [0.717, 1.165) is 60.3 Å². The maximum absolute atomic E-state index is 13.0. The van der Waals surface area contributed by atoms with Crippen LogP contribution in [0.4, 0.5) is 5.82 Å². The molecule has 0 unspecified atom stereocenters. The molecule has 7 nitrogen and oxygen atoms in total. The summed E-state index contributed by atoms with van der Waals surface area (Å²) in [7, 11) is 0. The smallest absolute Gasteiger partial charge is 0.310 e. The first-order valence-electron chi connectivity index (χ1n) is 12.3. The quantitative estimate of drug-likeness (QED) is 0.277. The van der Waals surface area contributed by atoms with Gasteiger partial charge in [0.2, 0.25) is 0 Å². The number of likely N-dealkylation sites (tertiary alicyclic amines) is 1. The Labute approximate surface area is 207 Å². The third-order valence-electron chi connectivity index (χ3n) is 6.09. The summed E-state index contributed by atoms with van der Waals surface area (Å²) < 4.78 is 5.15. The van der Waals surface area contributed by atoms with E-state index < -0.39 is 0 Å². The maximum Gasteiger partial charge on any atom is 0.310 e. The molecule has 1 fully saturated rings. The lowest BCUT2D eigenvalue weighted by atomic mass is 9.97. The molecule has 2 heterocycles. The highest BCUT2D eigenvalue weighted by Gasteiger charge is 2.29. The number of hydrogen-bond donors (Lipinski definition) is 0. The molecular formula is C26H36N4O3S. The Kier molecular flexibility index (Phi) is 9.74. The summed E-state index contributed by atoms with van der Waals surface area (Å²) in [6.45, 7) is 11.5. The van der Waals surface area contributed by atoms with E-state index in [0.29, 0.717) is 25.3 Å². The summed E-state index contributed by atoms with van der Waals surface area (Å²) in [5.41, 5.74) is 2.80. The van der Waals surface area contributed by atoms with Gasteiger partial charge in [-0.2, -0.15) is 0 Å². The minimum Gasteiger partial charge on any atom is -0.466 e. The lowest BCUT2D eigenvalue weighted by Gasteiger charge is -2.31. The summed E-state index contributed by atoms with van der Waals surface area (Å²) in [6, 6.07) is 9.79. The molecule has 0 spiro atoms. The summed E-state index contributed by atoms with van der Waals surface area (Å²) in [5, 5.41) is 0.778. The molecule has 3 rings (SSSR count). The van der Waals surface area contributed by atoms with Crippen molar-refractivity contribution in [3.63, 3.8) is 0 Å². The first-order chi connectivity index (χ1) is 16.5. The third-order valence-corrected chi connectivity index (χ3v) is 7.01. The van der Waals surface area contributed by atoms with Crippen molar-refractivity contribution < 1.29 is 14.3 Å². The number of thioether (sulfide) groups is 1. The minimum atomic E-state index is -0.228. The molecule has 1 aromatic carbocycles. The molecule has 1 amide bonds. The van der Waals surface area contributed by atoms with Crippen molar-refractivity contribution in [2.75, 3.05) is 37.7 Å². The normalized spacial score (nSPS) is 15.8. The molecule has 0 radical (unpaired) electrons. The maximum atomic E-state index is 13.0. The van der Waals surface area contributed by atoms with Gasteiger partial charge in [0.05, 0.1) is 12.5 Å². The van der Waals surface area contributed by atoms with Gasteiger partial charge in [-0.25, -0.2) is 9.97 Å². The summed E-state index contributed by atoms with van der Waals surface area (Å²) in [4.78, 5) is 38.5. The number of aromatic nitrogens is 2. The number of anilines is 1. The van der Waals surface area contributed by atoms with E-state index in [9.17, 15) is 9.59 Å². The largest absolute Gasteiger partial charge is 0.466 e. The zero-order valence-electron chi connectivity index (χ0n) is 20.7. The van der Waals surface area contributed by atoms with Gasteiger partial charge in [0.25, 0.3) is 5.91 Å². The highest BCUT2D eigenvalue weighted by Crippen LogP contribution is 2.24. The Morgan fingerprint density at radius 3 is 2.50 bits per heavy atom. The van der Waals surface area contributed by atoms with Crippen molar-refractivity contribution in [2.24, 2.45) is 5.92 Å². The van der Waals surface area contributed by atoms with Gasteiger partial charge < -0.3 is 14.5 Å². The average molecular weight is 485 g/mol. The second-order valence-electron chi connectivity index (χ2n) is 8.35. The van der Waals surface area contributed by atoms with E-state index in [-0.39, 0.29) is 17.8 Å². The van der Waals surface area contributed by atoms with E-state index in [1.54, 1.807) is 23.6 Å². The molecule has 2 aromatic rings. The van der Waals surface area contributed by atoms with Crippen LogP contribution >= 0.6 is 11.8 Å². The number of amides is 1. The number of piperidine rings is 1. The molecule has 1 atom stereocenters. The van der Waals surface area contributed by atoms with Gasteiger partial charge >= 0.3 is 5.97 Å². The van der Waals surface area contributed by atoms with Gasteiger partial charge in [-0.15, -0.1) is 0 Å². The van der Waals surface area contributed by atoms with Gasteiger partial charge in [-0.1, -0.05) is 30.8 Å². The number of benzene rings is 1. The van der Waals surface area contributed by atoms with Crippen molar-refractivity contribution in [1.82, 2.24) is 14.9 Å². The fourth-order valence-corrected chi connectivity index (χ4v) is 4.93. The number of nitrogens with zero attached hydrogens (tertiary/aromatic N) is 4. The number of rotatable bonds is 10. The lowest BCUT2D eigenvalue weighted by Crippen LogP contribution is -2.42. The molecule has 0 N–H and O–H groups in total. The monoisotopic (exact) mass is 484 g/mol. The Morgan fingerprint density at radius 1 is 1.12 bits per heavy atom. The van der Waals surface area contributed by atoms with E-state index in [1.807, 2.05) is 24.3 Å². The Bertz CT molecular complexity index is 963. The first-order valence-corrected chi connectivity index (χ1v) is 13.3. The molecule has 0 bridgehead atoms. The van der Waals surface area contributed by atoms with Crippen LogP contribution in [-0.2, 0) is 21.7 Å². The number of carbonyl (C=O) groups excluding carboxylic acids is 2. The molecule has 1 saturated heterocycles. The summed E-state index contributed by atoms with van der Waals surface area (Å²) in [6.07, 6.45) is 2.46. The predicted octanol–water partition coefficient (Wildman–Crippen LogP) is 4.59. The number of esters is 1. The second-order valence-corrected chi connectivity index (χ2v) is 9.30. The molecule has 0 aliphatic carbocycles. The zero-order valence-corrected chi connectivity index (χ0v) is 21.6. The summed E-state index contributed by atoms with van der Waals surface area (Å²) >= 11 is 1.61. The van der Waals surface area contributed by atoms with Crippen LogP contribution in [-0.4, -0.2) is 59.5 Å². The molecule has 0 saturated carbocycles. The minimum absolute atomic E-state index is 0.0314. The Balaban J connectivity index is 1.62. The Morgan fingerprint density at radius 2 is 1.85 bits per heavy atom. The van der Waals surface area contributed by atoms with Crippen molar-refractivity contribution in [1.29, 1.82) is 0 Å². The van der Waals surface area contributed by atoms with Crippen LogP contribution in [0, 0.1) is 5.92 Å². The number of ether oxygens (including phenoxy) is 1. The second kappa shape index (κ2) is 12.7. The molecule has 34 heavy (non-hydrogen) atoms. The zero-order chi connectivity index (χ0) is 24.5. The van der Waals surface area contributed by atoms with Crippen molar-refractivity contribution in [3.8, 4) is 0 Å². The van der Waals surface area contributed by atoms with Gasteiger partial charge in [-0.05, 0) is 57.7 Å². The summed E-state index contributed by atoms with van der Waals surface area (Å²) in [5.74, 6) is 1.24. The van der Waals surface area contributed by atoms with Crippen LogP contribution in [0.2, 0.25) is 0 Å². The van der Waals surface area contributed by atoms with Crippen LogP contribution in [0.25, 0.3) is 0 Å². The molecule has 1 aromatic heterocycles. The molecule has 8 heteroatoms. The molecule has 1 aliphatic heterocycles. The van der Waals surface area contributed by atoms with Crippen LogP contribution in [0.3, 0.4) is 0 Å².